The lowest BCUT2D eigenvalue weighted by molar-refractivity contribution is 1.07. The third-order valence-corrected chi connectivity index (χ3v) is 3.01. The molecule has 0 radical (unpaired) electrons. The third-order valence-electron chi connectivity index (χ3n) is 3.01. The van der Waals surface area contributed by atoms with Gasteiger partial charge in [0.2, 0.25) is 0 Å². The van der Waals surface area contributed by atoms with E-state index < -0.39 is 0 Å². The Morgan fingerprint density at radius 1 is 0.955 bits per heavy atom. The molecule has 0 unspecified atom stereocenters. The second-order valence-corrected chi connectivity index (χ2v) is 4.56. The summed E-state index contributed by atoms with van der Waals surface area (Å²) in [5.74, 6) is 1.13. The third kappa shape index (κ3) is 3.26. The largest absolute Gasteiger partial charge is 0.393 e. The van der Waals surface area contributed by atoms with Crippen molar-refractivity contribution >= 4 is 23.0 Å². The van der Waals surface area contributed by atoms with Crippen LogP contribution in [0.2, 0.25) is 0 Å². The van der Waals surface area contributed by atoms with Crippen LogP contribution in [0.5, 0.6) is 0 Å². The van der Waals surface area contributed by atoms with Crippen LogP contribution in [0.25, 0.3) is 0 Å². The van der Waals surface area contributed by atoms with Crippen LogP contribution in [0.15, 0.2) is 55.4 Å². The van der Waals surface area contributed by atoms with Crippen LogP contribution >= 0.6 is 0 Å². The normalized spacial score (nSPS) is 10.2. The van der Waals surface area contributed by atoms with E-state index in [4.69, 9.17) is 5.73 Å². The number of nitrogen functional groups attached to an aromatic ring is 1. The minimum absolute atomic E-state index is 0.461. The van der Waals surface area contributed by atoms with E-state index in [1.165, 1.54) is 6.33 Å². The Morgan fingerprint density at radius 3 is 2.55 bits per heavy atom. The maximum atomic E-state index is 6.11. The van der Waals surface area contributed by atoms with Gasteiger partial charge in [-0.3, -0.25) is 9.97 Å². The molecule has 3 heterocycles. The van der Waals surface area contributed by atoms with Gasteiger partial charge in [0.1, 0.15) is 12.0 Å². The molecule has 110 valence electrons. The molecule has 0 aliphatic rings. The van der Waals surface area contributed by atoms with Crippen molar-refractivity contribution in [2.24, 2.45) is 0 Å². The highest BCUT2D eigenvalue weighted by molar-refractivity contribution is 5.77. The van der Waals surface area contributed by atoms with E-state index in [1.54, 1.807) is 24.8 Å². The van der Waals surface area contributed by atoms with Crippen molar-refractivity contribution < 1.29 is 0 Å². The van der Waals surface area contributed by atoms with Gasteiger partial charge in [0, 0.05) is 37.0 Å². The first-order valence-corrected chi connectivity index (χ1v) is 6.73. The van der Waals surface area contributed by atoms with E-state index in [9.17, 15) is 0 Å². The van der Waals surface area contributed by atoms with Gasteiger partial charge in [-0.25, -0.2) is 9.97 Å². The van der Waals surface area contributed by atoms with Crippen LogP contribution in [-0.4, -0.2) is 19.9 Å². The molecular formula is C15H15N7. The van der Waals surface area contributed by atoms with Crippen LogP contribution in [0.4, 0.5) is 23.0 Å². The van der Waals surface area contributed by atoms with Crippen LogP contribution < -0.4 is 16.4 Å². The first kappa shape index (κ1) is 13.7. The Kier molecular flexibility index (Phi) is 4.05. The van der Waals surface area contributed by atoms with E-state index in [0.717, 1.165) is 11.3 Å². The van der Waals surface area contributed by atoms with Gasteiger partial charge in [0.05, 0.1) is 0 Å². The van der Waals surface area contributed by atoms with Crippen molar-refractivity contribution in [1.29, 1.82) is 0 Å². The second-order valence-electron chi connectivity index (χ2n) is 4.56. The smallest absolute Gasteiger partial charge is 0.159 e. The number of nitrogens with one attached hydrogen (secondary N) is 2. The second kappa shape index (κ2) is 6.49. The Balaban J connectivity index is 1.74. The Hall–Kier alpha value is -3.22. The summed E-state index contributed by atoms with van der Waals surface area (Å²) >= 11 is 0. The molecule has 3 aromatic rings. The minimum atomic E-state index is 0.461. The molecule has 0 aliphatic heterocycles. The fourth-order valence-corrected chi connectivity index (χ4v) is 1.90. The van der Waals surface area contributed by atoms with Gasteiger partial charge in [-0.05, 0) is 23.8 Å². The summed E-state index contributed by atoms with van der Waals surface area (Å²) in [6.07, 6.45) is 8.38. The van der Waals surface area contributed by atoms with Crippen LogP contribution in [0.1, 0.15) is 5.56 Å². The zero-order valence-electron chi connectivity index (χ0n) is 11.8. The monoisotopic (exact) mass is 293 g/mol. The maximum absolute atomic E-state index is 6.11. The molecule has 0 amide bonds. The molecule has 7 heteroatoms. The Labute approximate surface area is 127 Å². The van der Waals surface area contributed by atoms with Gasteiger partial charge in [-0.15, -0.1) is 0 Å². The molecule has 0 aliphatic carbocycles. The van der Waals surface area contributed by atoms with Crippen molar-refractivity contribution in [3.63, 3.8) is 0 Å². The maximum Gasteiger partial charge on any atom is 0.159 e. The molecule has 3 aromatic heterocycles. The minimum Gasteiger partial charge on any atom is -0.393 e. The summed E-state index contributed by atoms with van der Waals surface area (Å²) in [4.78, 5) is 16.4. The first-order chi connectivity index (χ1) is 10.8. The quantitative estimate of drug-likeness (QED) is 0.662. The van der Waals surface area contributed by atoms with E-state index in [1.807, 2.05) is 24.3 Å². The van der Waals surface area contributed by atoms with Crippen LogP contribution in [0, 0.1) is 0 Å². The predicted molar refractivity (Wildman–Crippen MR) is 85.5 cm³/mol. The molecule has 0 saturated heterocycles. The molecule has 0 spiro atoms. The Morgan fingerprint density at radius 2 is 1.77 bits per heavy atom. The first-order valence-electron chi connectivity index (χ1n) is 6.73. The lowest BCUT2D eigenvalue weighted by atomic mass is 10.3. The number of hydrogen-bond acceptors (Lipinski definition) is 7. The number of pyridine rings is 2. The fourth-order valence-electron chi connectivity index (χ4n) is 1.90. The molecule has 3 rings (SSSR count). The number of rotatable bonds is 5. The van der Waals surface area contributed by atoms with Gasteiger partial charge in [0.25, 0.3) is 0 Å². The van der Waals surface area contributed by atoms with Gasteiger partial charge in [-0.1, -0.05) is 6.07 Å². The summed E-state index contributed by atoms with van der Waals surface area (Å²) < 4.78 is 0. The number of nitrogens with two attached hydrogens (primary N) is 1. The molecule has 7 nitrogen and oxygen atoms in total. The van der Waals surface area contributed by atoms with E-state index in [2.05, 4.69) is 30.6 Å². The lowest BCUT2D eigenvalue weighted by Crippen LogP contribution is -2.08. The standard InChI is InChI=1S/C15H15N7/c16-13-14(19-9-11-2-1-5-18-8-11)20-10-21-15(13)22-12-3-6-17-7-4-12/h1-8,10H,9,16H2,(H2,17,19,20,21,22). The summed E-state index contributed by atoms with van der Waals surface area (Å²) in [5, 5.41) is 6.33. The summed E-state index contributed by atoms with van der Waals surface area (Å²) in [5.41, 5.74) is 8.48. The Bertz CT molecular complexity index is 731. The van der Waals surface area contributed by atoms with Crippen molar-refractivity contribution in [2.75, 3.05) is 16.4 Å². The predicted octanol–water partition coefficient (Wildman–Crippen LogP) is 2.20. The van der Waals surface area contributed by atoms with Gasteiger partial charge >= 0.3 is 0 Å². The molecular weight excluding hydrogens is 278 g/mol. The van der Waals surface area contributed by atoms with Crippen LogP contribution in [-0.2, 0) is 6.54 Å². The lowest BCUT2D eigenvalue weighted by Gasteiger charge is -2.12. The number of anilines is 4. The van der Waals surface area contributed by atoms with E-state index >= 15 is 0 Å². The molecule has 0 aromatic carbocycles. The number of aromatic nitrogens is 4. The van der Waals surface area contributed by atoms with Gasteiger partial charge in [-0.2, -0.15) is 0 Å². The fraction of sp³-hybridized carbons (Fsp3) is 0.0667. The topological polar surface area (TPSA) is 102 Å². The van der Waals surface area contributed by atoms with Gasteiger partial charge in [0.15, 0.2) is 11.6 Å². The molecule has 0 atom stereocenters. The average molecular weight is 293 g/mol. The van der Waals surface area contributed by atoms with E-state index in [-0.39, 0.29) is 0 Å². The summed E-state index contributed by atoms with van der Waals surface area (Å²) in [7, 11) is 0. The zero-order chi connectivity index (χ0) is 15.2. The van der Waals surface area contributed by atoms with E-state index in [0.29, 0.717) is 23.9 Å². The molecule has 4 N–H and O–H groups in total. The van der Waals surface area contributed by atoms with Crippen LogP contribution in [0.3, 0.4) is 0 Å². The molecule has 0 fully saturated rings. The van der Waals surface area contributed by atoms with Crippen molar-refractivity contribution in [3.8, 4) is 0 Å². The highest BCUT2D eigenvalue weighted by atomic mass is 15.1. The van der Waals surface area contributed by atoms with Crippen molar-refractivity contribution in [2.45, 2.75) is 6.54 Å². The van der Waals surface area contributed by atoms with Crippen molar-refractivity contribution in [3.05, 3.63) is 60.9 Å². The summed E-state index contributed by atoms with van der Waals surface area (Å²) in [6, 6.07) is 7.54. The van der Waals surface area contributed by atoms with Crippen molar-refractivity contribution in [1.82, 2.24) is 19.9 Å². The summed E-state index contributed by atoms with van der Waals surface area (Å²) in [6.45, 7) is 0.587. The van der Waals surface area contributed by atoms with Gasteiger partial charge < -0.3 is 16.4 Å². The highest BCUT2D eigenvalue weighted by Gasteiger charge is 2.08. The number of nitrogens with zero attached hydrogens (tertiary/aromatic N) is 4. The SMILES string of the molecule is Nc1c(NCc2cccnc2)ncnc1Nc1ccncc1. The average Bonchev–Trinajstić information content (AvgIpc) is 2.58. The number of hydrogen-bond donors (Lipinski definition) is 3. The zero-order valence-corrected chi connectivity index (χ0v) is 11.8. The molecule has 0 saturated carbocycles. The molecule has 22 heavy (non-hydrogen) atoms. The highest BCUT2D eigenvalue weighted by Crippen LogP contribution is 2.25. The molecule has 0 bridgehead atoms.